The summed E-state index contributed by atoms with van der Waals surface area (Å²) in [7, 11) is -4.51. The van der Waals surface area contributed by atoms with Crippen molar-refractivity contribution < 1.29 is 26.4 Å². The molecule has 0 fully saturated rings. The molecule has 3 rings (SSSR count). The lowest BCUT2D eigenvalue weighted by Gasteiger charge is -2.24. The largest absolute Gasteiger partial charge is 0.434 e. The van der Waals surface area contributed by atoms with Gasteiger partial charge in [-0.3, -0.25) is 4.79 Å². The predicted molar refractivity (Wildman–Crippen MR) is 100 cm³/mol. The highest BCUT2D eigenvalue weighted by molar-refractivity contribution is 7.93. The molecular weight excluding hydrogens is 429 g/mol. The summed E-state index contributed by atoms with van der Waals surface area (Å²) in [6.07, 6.45) is -4.62. The van der Waals surface area contributed by atoms with Gasteiger partial charge in [0.2, 0.25) is 0 Å². The summed E-state index contributed by atoms with van der Waals surface area (Å²) in [4.78, 5) is 20.0. The number of benzene rings is 1. The average molecular weight is 444 g/mol. The number of aryl methyl sites for hydroxylation is 1. The highest BCUT2D eigenvalue weighted by atomic mass is 32.2. The molecule has 0 unspecified atom stereocenters. The van der Waals surface area contributed by atoms with E-state index in [9.17, 15) is 26.4 Å². The molecule has 1 amide bonds. The Balaban J connectivity index is 2.28. The van der Waals surface area contributed by atoms with E-state index in [-0.39, 0.29) is 17.0 Å². The summed E-state index contributed by atoms with van der Waals surface area (Å²) < 4.78 is 67.1. The van der Waals surface area contributed by atoms with Crippen LogP contribution in [0.3, 0.4) is 0 Å². The van der Waals surface area contributed by atoms with Gasteiger partial charge in [0.05, 0.1) is 16.1 Å². The van der Waals surface area contributed by atoms with Crippen LogP contribution in [0.1, 0.15) is 24.0 Å². The van der Waals surface area contributed by atoms with Crippen molar-refractivity contribution in [3.63, 3.8) is 0 Å². The first kappa shape index (κ1) is 21.0. The number of aromatic nitrogens is 3. The molecule has 2 heterocycles. The molecule has 0 saturated heterocycles. The van der Waals surface area contributed by atoms with Gasteiger partial charge in [-0.1, -0.05) is 25.1 Å². The maximum absolute atomic E-state index is 13.3. The Labute approximate surface area is 168 Å². The zero-order valence-corrected chi connectivity index (χ0v) is 16.8. The standard InChI is InChI=1S/C17H15F3N4O3S2/c1-3-15(25)24(29(26,27)12-7-5-4-6-8-12)23-9-14(17(18,19)20)22-16(23)13-10-28-11(2)21-13/h4-10H,3H2,1-2H3. The van der Waals surface area contributed by atoms with E-state index in [2.05, 4.69) is 9.97 Å². The molecule has 0 saturated carbocycles. The normalized spacial score (nSPS) is 12.2. The van der Waals surface area contributed by atoms with Crippen LogP contribution in [0.2, 0.25) is 0 Å². The molecule has 0 N–H and O–H groups in total. The zero-order valence-electron chi connectivity index (χ0n) is 15.2. The highest BCUT2D eigenvalue weighted by Gasteiger charge is 2.39. The van der Waals surface area contributed by atoms with Crippen LogP contribution in [0.4, 0.5) is 13.2 Å². The monoisotopic (exact) mass is 444 g/mol. The lowest BCUT2D eigenvalue weighted by molar-refractivity contribution is -0.141. The number of sulfonamides is 1. The zero-order chi connectivity index (χ0) is 21.4. The van der Waals surface area contributed by atoms with Crippen molar-refractivity contribution in [3.8, 4) is 11.5 Å². The van der Waals surface area contributed by atoms with Crippen LogP contribution in [0.25, 0.3) is 11.5 Å². The number of carbonyl (C=O) groups excluding carboxylic acids is 1. The summed E-state index contributed by atoms with van der Waals surface area (Å²) in [5, 5.41) is 1.99. The second-order valence-electron chi connectivity index (χ2n) is 5.85. The van der Waals surface area contributed by atoms with Gasteiger partial charge in [0.1, 0.15) is 5.69 Å². The molecule has 154 valence electrons. The van der Waals surface area contributed by atoms with Gasteiger partial charge in [-0.05, 0) is 19.1 Å². The molecule has 3 aromatic rings. The predicted octanol–water partition coefficient (Wildman–Crippen LogP) is 3.60. The fourth-order valence-electron chi connectivity index (χ4n) is 2.48. The van der Waals surface area contributed by atoms with Crippen LogP contribution in [0.5, 0.6) is 0 Å². The number of imidazole rings is 1. The topological polar surface area (TPSA) is 85.2 Å². The molecule has 0 aliphatic rings. The highest BCUT2D eigenvalue weighted by Crippen LogP contribution is 2.32. The van der Waals surface area contributed by atoms with Crippen LogP contribution >= 0.6 is 11.3 Å². The smallest absolute Gasteiger partial charge is 0.272 e. The molecule has 29 heavy (non-hydrogen) atoms. The Morgan fingerprint density at radius 3 is 2.38 bits per heavy atom. The van der Waals surface area contributed by atoms with Crippen molar-refractivity contribution in [2.45, 2.75) is 31.3 Å². The van der Waals surface area contributed by atoms with Crippen LogP contribution in [0, 0.1) is 6.92 Å². The van der Waals surface area contributed by atoms with Gasteiger partial charge < -0.3 is 0 Å². The van der Waals surface area contributed by atoms with E-state index < -0.39 is 33.6 Å². The third kappa shape index (κ3) is 4.03. The Bertz CT molecular complexity index is 1140. The number of nitrogens with zero attached hydrogens (tertiary/aromatic N) is 4. The first-order chi connectivity index (χ1) is 13.6. The molecule has 0 bridgehead atoms. The second kappa shape index (κ2) is 7.59. The minimum absolute atomic E-state index is 0.0279. The van der Waals surface area contributed by atoms with E-state index in [0.717, 1.165) is 11.3 Å². The molecule has 0 atom stereocenters. The van der Waals surface area contributed by atoms with Gasteiger partial charge in [-0.2, -0.15) is 21.6 Å². The average Bonchev–Trinajstić information content (AvgIpc) is 3.28. The fraction of sp³-hybridized carbons (Fsp3) is 0.235. The van der Waals surface area contributed by atoms with Crippen molar-refractivity contribution in [2.75, 3.05) is 4.41 Å². The summed E-state index contributed by atoms with van der Waals surface area (Å²) >= 11 is 1.16. The van der Waals surface area contributed by atoms with Gasteiger partial charge in [0.15, 0.2) is 11.5 Å². The molecular formula is C17H15F3N4O3S2. The number of alkyl halides is 3. The van der Waals surface area contributed by atoms with Gasteiger partial charge >= 0.3 is 6.18 Å². The van der Waals surface area contributed by atoms with Crippen LogP contribution < -0.4 is 4.41 Å². The van der Waals surface area contributed by atoms with Crippen LogP contribution in [-0.2, 0) is 21.0 Å². The van der Waals surface area contributed by atoms with E-state index in [1.54, 1.807) is 13.0 Å². The Kier molecular flexibility index (Phi) is 5.50. The van der Waals surface area contributed by atoms with Crippen molar-refractivity contribution >= 4 is 27.3 Å². The van der Waals surface area contributed by atoms with Crippen LogP contribution in [0.15, 0.2) is 46.8 Å². The minimum Gasteiger partial charge on any atom is -0.272 e. The number of amides is 1. The number of thiazole rings is 1. The second-order valence-corrected chi connectivity index (χ2v) is 8.68. The summed E-state index contributed by atoms with van der Waals surface area (Å²) in [6.45, 7) is 3.05. The van der Waals surface area contributed by atoms with Crippen molar-refractivity contribution in [2.24, 2.45) is 0 Å². The number of hydrogen-bond donors (Lipinski definition) is 0. The number of carbonyl (C=O) groups is 1. The lowest BCUT2D eigenvalue weighted by Crippen LogP contribution is -2.45. The lowest BCUT2D eigenvalue weighted by atomic mass is 10.4. The first-order valence-electron chi connectivity index (χ1n) is 8.28. The summed E-state index contributed by atoms with van der Waals surface area (Å²) in [6, 6.07) is 6.97. The maximum atomic E-state index is 13.3. The van der Waals surface area contributed by atoms with Gasteiger partial charge in [-0.25, -0.2) is 14.6 Å². The van der Waals surface area contributed by atoms with Crippen molar-refractivity contribution in [1.82, 2.24) is 14.6 Å². The maximum Gasteiger partial charge on any atom is 0.434 e. The Hall–Kier alpha value is -2.73. The van der Waals surface area contributed by atoms with Crippen molar-refractivity contribution in [3.05, 3.63) is 52.6 Å². The molecule has 1 aromatic carbocycles. The fourth-order valence-corrected chi connectivity index (χ4v) is 4.53. The molecule has 2 aromatic heterocycles. The first-order valence-corrected chi connectivity index (χ1v) is 10.6. The third-order valence-corrected chi connectivity index (χ3v) is 6.28. The molecule has 0 aliphatic carbocycles. The van der Waals surface area contributed by atoms with E-state index in [0.29, 0.717) is 20.3 Å². The van der Waals surface area contributed by atoms with Gasteiger partial charge in [0.25, 0.3) is 15.9 Å². The van der Waals surface area contributed by atoms with Crippen molar-refractivity contribution in [1.29, 1.82) is 0 Å². The summed E-state index contributed by atoms with van der Waals surface area (Å²) in [5.41, 5.74) is -1.31. The van der Waals surface area contributed by atoms with E-state index >= 15 is 0 Å². The number of hydrogen-bond acceptors (Lipinski definition) is 6. The van der Waals surface area contributed by atoms with E-state index in [4.69, 9.17) is 0 Å². The van der Waals surface area contributed by atoms with E-state index in [1.807, 2.05) is 0 Å². The summed E-state index contributed by atoms with van der Waals surface area (Å²) in [5.74, 6) is -1.32. The number of rotatable bonds is 5. The quantitative estimate of drug-likeness (QED) is 0.600. The molecule has 12 heteroatoms. The molecule has 7 nitrogen and oxygen atoms in total. The minimum atomic E-state index is -4.84. The van der Waals surface area contributed by atoms with Crippen LogP contribution in [-0.4, -0.2) is 29.0 Å². The third-order valence-electron chi connectivity index (χ3n) is 3.81. The number of halogens is 3. The molecule has 0 aliphatic heterocycles. The SMILES string of the molecule is CCC(=O)N(n1cc(C(F)(F)F)nc1-c1csc(C)n1)S(=O)(=O)c1ccccc1. The van der Waals surface area contributed by atoms with E-state index in [1.165, 1.54) is 36.6 Å². The van der Waals surface area contributed by atoms with Gasteiger partial charge in [0, 0.05) is 11.8 Å². The Morgan fingerprint density at radius 1 is 1.21 bits per heavy atom. The molecule has 0 spiro atoms. The molecule has 0 radical (unpaired) electrons. The van der Waals surface area contributed by atoms with Gasteiger partial charge in [-0.15, -0.1) is 15.8 Å². The Morgan fingerprint density at radius 2 is 1.86 bits per heavy atom.